The predicted octanol–water partition coefficient (Wildman–Crippen LogP) is 1.15. The SMILES string of the molecule is C=C(C)C(=O)OCCCN(C)C(=O)C(N)=C(C)C(C#N)=CO. The third-order valence-electron chi connectivity index (χ3n) is 2.85. The Kier molecular flexibility index (Phi) is 8.08. The zero-order chi connectivity index (χ0) is 17.3. The Morgan fingerprint density at radius 2 is 2.05 bits per heavy atom. The van der Waals surface area contributed by atoms with Gasteiger partial charge in [-0.3, -0.25) is 4.79 Å². The molecule has 0 radical (unpaired) electrons. The molecule has 0 saturated heterocycles. The first-order valence-electron chi connectivity index (χ1n) is 6.55. The highest BCUT2D eigenvalue weighted by Gasteiger charge is 2.16. The molecule has 0 spiro atoms. The van der Waals surface area contributed by atoms with E-state index in [4.69, 9.17) is 20.8 Å². The number of nitriles is 1. The molecule has 0 rings (SSSR count). The molecule has 22 heavy (non-hydrogen) atoms. The molecule has 0 aliphatic rings. The molecule has 120 valence electrons. The Hall–Kier alpha value is -2.75. The molecule has 3 N–H and O–H groups in total. The normalized spacial score (nSPS) is 12.0. The molecule has 0 fully saturated rings. The lowest BCUT2D eigenvalue weighted by Gasteiger charge is -2.18. The first-order chi connectivity index (χ1) is 10.3. The number of carbonyl (C=O) groups excluding carboxylic acids is 2. The number of esters is 1. The lowest BCUT2D eigenvalue weighted by atomic mass is 10.1. The van der Waals surface area contributed by atoms with Crippen molar-refractivity contribution in [2.75, 3.05) is 20.2 Å². The molecule has 0 bridgehead atoms. The molecule has 0 heterocycles. The average molecular weight is 307 g/mol. The average Bonchev–Trinajstić information content (AvgIpc) is 2.50. The van der Waals surface area contributed by atoms with E-state index in [1.54, 1.807) is 13.0 Å². The second-order valence-corrected chi connectivity index (χ2v) is 4.69. The molecule has 0 aromatic carbocycles. The van der Waals surface area contributed by atoms with Gasteiger partial charge < -0.3 is 20.5 Å². The Balaban J connectivity index is 4.56. The molecular weight excluding hydrogens is 286 g/mol. The van der Waals surface area contributed by atoms with Gasteiger partial charge in [0.05, 0.1) is 18.4 Å². The lowest BCUT2D eigenvalue weighted by Crippen LogP contribution is -2.33. The van der Waals surface area contributed by atoms with E-state index in [0.29, 0.717) is 24.8 Å². The van der Waals surface area contributed by atoms with Crippen molar-refractivity contribution in [1.82, 2.24) is 4.90 Å². The fraction of sp³-hybridized carbons (Fsp3) is 0.400. The summed E-state index contributed by atoms with van der Waals surface area (Å²) in [5.41, 5.74) is 6.01. The van der Waals surface area contributed by atoms with Crippen LogP contribution in [-0.2, 0) is 14.3 Å². The number of hydrogen-bond acceptors (Lipinski definition) is 6. The summed E-state index contributed by atoms with van der Waals surface area (Å²) in [5.74, 6) is -0.950. The molecule has 0 aliphatic heterocycles. The number of rotatable bonds is 7. The van der Waals surface area contributed by atoms with Crippen LogP contribution in [-0.4, -0.2) is 42.1 Å². The molecule has 0 aromatic heterocycles. The van der Waals surface area contributed by atoms with Gasteiger partial charge in [0.1, 0.15) is 11.8 Å². The first kappa shape index (κ1) is 19.2. The van der Waals surface area contributed by atoms with Crippen LogP contribution >= 0.6 is 0 Å². The van der Waals surface area contributed by atoms with E-state index in [9.17, 15) is 9.59 Å². The molecule has 0 unspecified atom stereocenters. The third kappa shape index (κ3) is 5.71. The molecule has 0 atom stereocenters. The zero-order valence-corrected chi connectivity index (χ0v) is 13.0. The summed E-state index contributed by atoms with van der Waals surface area (Å²) in [6.45, 7) is 6.96. The Morgan fingerprint density at radius 3 is 2.50 bits per heavy atom. The fourth-order valence-corrected chi connectivity index (χ4v) is 1.41. The van der Waals surface area contributed by atoms with Crippen LogP contribution in [0.3, 0.4) is 0 Å². The van der Waals surface area contributed by atoms with Crippen LogP contribution in [0.5, 0.6) is 0 Å². The summed E-state index contributed by atoms with van der Waals surface area (Å²) in [7, 11) is 1.54. The number of aliphatic hydroxyl groups excluding tert-OH is 1. The van der Waals surface area contributed by atoms with Crippen LogP contribution < -0.4 is 5.73 Å². The van der Waals surface area contributed by atoms with Crippen molar-refractivity contribution in [2.24, 2.45) is 5.73 Å². The van der Waals surface area contributed by atoms with Crippen molar-refractivity contribution in [3.63, 3.8) is 0 Å². The van der Waals surface area contributed by atoms with Crippen molar-refractivity contribution < 1.29 is 19.4 Å². The maximum absolute atomic E-state index is 12.1. The molecule has 0 aliphatic carbocycles. The summed E-state index contributed by atoms with van der Waals surface area (Å²) in [4.78, 5) is 24.6. The second kappa shape index (κ2) is 9.23. The van der Waals surface area contributed by atoms with Crippen molar-refractivity contribution in [3.05, 3.63) is 35.3 Å². The Bertz CT molecular complexity index is 556. The van der Waals surface area contributed by atoms with E-state index in [-0.39, 0.29) is 23.5 Å². The number of nitrogens with zero attached hydrogens (tertiary/aromatic N) is 2. The first-order valence-corrected chi connectivity index (χ1v) is 6.55. The van der Waals surface area contributed by atoms with Gasteiger partial charge in [-0.25, -0.2) is 4.79 Å². The maximum atomic E-state index is 12.1. The summed E-state index contributed by atoms with van der Waals surface area (Å²) >= 11 is 0. The predicted molar refractivity (Wildman–Crippen MR) is 81.2 cm³/mol. The summed E-state index contributed by atoms with van der Waals surface area (Å²) in [6.07, 6.45) is 1.04. The van der Waals surface area contributed by atoms with Gasteiger partial charge >= 0.3 is 5.97 Å². The molecule has 7 nitrogen and oxygen atoms in total. The largest absolute Gasteiger partial charge is 0.514 e. The number of aliphatic hydroxyl groups is 1. The van der Waals surface area contributed by atoms with Crippen LogP contribution in [0.15, 0.2) is 35.3 Å². The highest BCUT2D eigenvalue weighted by atomic mass is 16.5. The topological polar surface area (TPSA) is 117 Å². The van der Waals surface area contributed by atoms with Gasteiger partial charge in [-0.15, -0.1) is 0 Å². The van der Waals surface area contributed by atoms with Crippen molar-refractivity contribution in [2.45, 2.75) is 20.3 Å². The highest BCUT2D eigenvalue weighted by molar-refractivity contribution is 5.94. The highest BCUT2D eigenvalue weighted by Crippen LogP contribution is 2.11. The van der Waals surface area contributed by atoms with E-state index >= 15 is 0 Å². The summed E-state index contributed by atoms with van der Waals surface area (Å²) < 4.78 is 4.91. The minimum absolute atomic E-state index is 0.0744. The van der Waals surface area contributed by atoms with Crippen molar-refractivity contribution in [1.29, 1.82) is 5.26 Å². The molecule has 0 saturated carbocycles. The van der Waals surface area contributed by atoms with Gasteiger partial charge in [-0.1, -0.05) is 6.58 Å². The van der Waals surface area contributed by atoms with E-state index < -0.39 is 11.9 Å². The van der Waals surface area contributed by atoms with Crippen LogP contribution in [0.2, 0.25) is 0 Å². The minimum Gasteiger partial charge on any atom is -0.514 e. The molecule has 0 aromatic rings. The monoisotopic (exact) mass is 307 g/mol. The van der Waals surface area contributed by atoms with Gasteiger partial charge in [-0.05, 0) is 25.8 Å². The smallest absolute Gasteiger partial charge is 0.333 e. The number of nitrogens with two attached hydrogens (primary N) is 1. The van der Waals surface area contributed by atoms with Crippen molar-refractivity contribution in [3.8, 4) is 6.07 Å². The van der Waals surface area contributed by atoms with Crippen LogP contribution in [0.4, 0.5) is 0 Å². The molecular formula is C15H21N3O4. The van der Waals surface area contributed by atoms with Crippen molar-refractivity contribution >= 4 is 11.9 Å². The van der Waals surface area contributed by atoms with E-state index in [0.717, 1.165) is 0 Å². The third-order valence-corrected chi connectivity index (χ3v) is 2.85. The maximum Gasteiger partial charge on any atom is 0.333 e. The second-order valence-electron chi connectivity index (χ2n) is 4.69. The van der Waals surface area contributed by atoms with Gasteiger partial charge in [0, 0.05) is 19.2 Å². The van der Waals surface area contributed by atoms with Crippen LogP contribution in [0, 0.1) is 11.3 Å². The fourth-order valence-electron chi connectivity index (χ4n) is 1.41. The van der Waals surface area contributed by atoms with Gasteiger partial charge in [0.15, 0.2) is 0 Å². The van der Waals surface area contributed by atoms with Gasteiger partial charge in [-0.2, -0.15) is 5.26 Å². The lowest BCUT2D eigenvalue weighted by molar-refractivity contribution is -0.139. The number of amides is 1. The number of allylic oxidation sites excluding steroid dienone is 2. The molecule has 1 amide bonds. The quantitative estimate of drug-likeness (QED) is 0.182. The Morgan fingerprint density at radius 1 is 1.45 bits per heavy atom. The van der Waals surface area contributed by atoms with Crippen LogP contribution in [0.1, 0.15) is 20.3 Å². The Labute approximate surface area is 130 Å². The number of carbonyl (C=O) groups is 2. The van der Waals surface area contributed by atoms with E-state index in [1.165, 1.54) is 18.9 Å². The number of hydrogen-bond donors (Lipinski definition) is 2. The van der Waals surface area contributed by atoms with E-state index in [1.807, 2.05) is 0 Å². The minimum atomic E-state index is -0.476. The number of ether oxygens (including phenoxy) is 1. The van der Waals surface area contributed by atoms with Gasteiger partial charge in [0.25, 0.3) is 5.91 Å². The summed E-state index contributed by atoms with van der Waals surface area (Å²) in [5, 5.41) is 17.7. The zero-order valence-electron chi connectivity index (χ0n) is 13.0. The van der Waals surface area contributed by atoms with E-state index in [2.05, 4.69) is 6.58 Å². The molecule has 7 heteroatoms. The summed E-state index contributed by atoms with van der Waals surface area (Å²) in [6, 6.07) is 1.74. The standard InChI is InChI=1S/C15H21N3O4/c1-10(2)15(21)22-7-5-6-18(4)14(20)13(17)11(3)12(8-16)9-19/h9,19H,1,5-7,17H2,2-4H3. The van der Waals surface area contributed by atoms with Crippen LogP contribution in [0.25, 0.3) is 0 Å². The van der Waals surface area contributed by atoms with Gasteiger partial charge in [0.2, 0.25) is 0 Å². The number of likely N-dealkylation sites (N-methyl/N-ethyl adjacent to an activating group) is 1.